The molecular weight excluding hydrogens is 505 g/mol. The lowest BCUT2D eigenvalue weighted by Gasteiger charge is -2.42. The van der Waals surface area contributed by atoms with Gasteiger partial charge in [0.25, 0.3) is 0 Å². The number of aliphatic hydroxyl groups is 3. The van der Waals surface area contributed by atoms with E-state index < -0.39 is 51.0 Å². The first-order valence-corrected chi connectivity index (χ1v) is 14.5. The molecule has 1 aromatic rings. The van der Waals surface area contributed by atoms with E-state index in [1.54, 1.807) is 0 Å². The maximum absolute atomic E-state index is 12.4. The predicted molar refractivity (Wildman–Crippen MR) is 136 cm³/mol. The molecule has 2 rings (SSSR count). The summed E-state index contributed by atoms with van der Waals surface area (Å²) in [5.74, 6) is 0.336. The molecule has 1 heterocycles. The van der Waals surface area contributed by atoms with Gasteiger partial charge in [0, 0.05) is 6.92 Å². The smallest absolute Gasteiger partial charge is 0.474 e. The van der Waals surface area contributed by atoms with E-state index >= 15 is 0 Å². The zero-order valence-electron chi connectivity index (χ0n) is 21.4. The van der Waals surface area contributed by atoms with Crippen molar-refractivity contribution in [2.24, 2.45) is 0 Å². The second kappa shape index (κ2) is 17.1. The monoisotopic (exact) mass is 547 g/mol. The van der Waals surface area contributed by atoms with Crippen molar-refractivity contribution in [3.8, 4) is 5.75 Å². The van der Waals surface area contributed by atoms with Crippen LogP contribution >= 0.6 is 7.82 Å². The van der Waals surface area contributed by atoms with Crippen molar-refractivity contribution in [3.63, 3.8) is 0 Å². The number of benzene rings is 1. The van der Waals surface area contributed by atoms with Crippen LogP contribution in [-0.4, -0.2) is 76.6 Å². The average Bonchev–Trinajstić information content (AvgIpc) is 2.86. The molecule has 1 unspecified atom stereocenters. The second-order valence-corrected chi connectivity index (χ2v) is 10.6. The fourth-order valence-electron chi connectivity index (χ4n) is 4.05. The highest BCUT2D eigenvalue weighted by Gasteiger charge is 2.47. The molecule has 37 heavy (non-hydrogen) atoms. The van der Waals surface area contributed by atoms with Gasteiger partial charge in [-0.3, -0.25) is 13.8 Å². The highest BCUT2D eigenvalue weighted by molar-refractivity contribution is 7.47. The number of unbranched alkanes of at least 4 members (excludes halogenated alkanes) is 8. The summed E-state index contributed by atoms with van der Waals surface area (Å²) in [6.45, 7) is 1.23. The Morgan fingerprint density at radius 3 is 2.08 bits per heavy atom. The fourth-order valence-corrected chi connectivity index (χ4v) is 4.91. The Balaban J connectivity index is 1.54. The Hall–Kier alpha value is -1.56. The summed E-state index contributed by atoms with van der Waals surface area (Å²) in [5.41, 5.74) is 0. The van der Waals surface area contributed by atoms with Gasteiger partial charge in [-0.1, -0.05) is 63.1 Å². The molecule has 5 N–H and O–H groups in total. The molecule has 0 spiro atoms. The summed E-state index contributed by atoms with van der Waals surface area (Å²) in [6, 6.07) is 8.47. The molecule has 0 bridgehead atoms. The number of phosphoric acid groups is 1. The maximum Gasteiger partial charge on any atom is 0.474 e. The molecular formula is C25H42NO10P. The number of nitrogens with one attached hydrogen (secondary N) is 1. The van der Waals surface area contributed by atoms with Gasteiger partial charge in [-0.15, -0.1) is 0 Å². The molecule has 1 saturated heterocycles. The number of hydrogen-bond donors (Lipinski definition) is 5. The largest absolute Gasteiger partial charge is 0.494 e. The maximum atomic E-state index is 12.4. The molecule has 1 aliphatic heterocycles. The summed E-state index contributed by atoms with van der Waals surface area (Å²) in [4.78, 5) is 21.5. The van der Waals surface area contributed by atoms with Crippen molar-refractivity contribution >= 4 is 13.7 Å². The van der Waals surface area contributed by atoms with E-state index in [1.807, 2.05) is 30.3 Å². The Bertz CT molecular complexity index is 814. The van der Waals surface area contributed by atoms with E-state index in [9.17, 15) is 29.6 Å². The van der Waals surface area contributed by atoms with Gasteiger partial charge in [-0.05, 0) is 25.0 Å². The van der Waals surface area contributed by atoms with Gasteiger partial charge in [-0.25, -0.2) is 4.57 Å². The molecule has 12 heteroatoms. The standard InChI is InChI=1S/C25H42NO10P/c1-19(28)26-22-24(30)23(29)21(18-27)35-25(22)36-37(31,32)34-17-13-8-6-4-2-3-5-7-12-16-33-20-14-10-9-11-15-20/h9-11,14-15,21-25,27,29-30H,2-8,12-13,16-18H2,1H3,(H,26,28)(H,31,32)/t21-,22-,23-,24-,25-/m1/s1. The number of aliphatic hydroxyl groups excluding tert-OH is 3. The van der Waals surface area contributed by atoms with Crippen LogP contribution in [0.3, 0.4) is 0 Å². The first kappa shape index (κ1) is 31.7. The van der Waals surface area contributed by atoms with Crippen LogP contribution in [-0.2, 0) is 23.1 Å². The Morgan fingerprint density at radius 1 is 0.946 bits per heavy atom. The van der Waals surface area contributed by atoms with E-state index in [4.69, 9.17) is 18.5 Å². The molecule has 0 saturated carbocycles. The number of amides is 1. The van der Waals surface area contributed by atoms with Crippen LogP contribution in [0, 0.1) is 0 Å². The fraction of sp³-hybridized carbons (Fsp3) is 0.720. The van der Waals surface area contributed by atoms with E-state index in [0.717, 1.165) is 63.7 Å². The summed E-state index contributed by atoms with van der Waals surface area (Å²) < 4.78 is 33.4. The SMILES string of the molecule is CC(=O)N[C@H]1[C@@H](OP(=O)(O)OCCCCCCCCCCCOc2ccccc2)O[C@H](CO)[C@@H](O)[C@@H]1O. The molecule has 0 aromatic heterocycles. The molecule has 6 atom stereocenters. The van der Waals surface area contributed by atoms with E-state index in [1.165, 1.54) is 6.92 Å². The number of ether oxygens (including phenoxy) is 2. The van der Waals surface area contributed by atoms with Crippen molar-refractivity contribution in [1.82, 2.24) is 5.32 Å². The van der Waals surface area contributed by atoms with Gasteiger partial charge in [-0.2, -0.15) is 0 Å². The Morgan fingerprint density at radius 2 is 1.51 bits per heavy atom. The Kier molecular flexibility index (Phi) is 14.6. The molecule has 0 radical (unpaired) electrons. The van der Waals surface area contributed by atoms with Gasteiger partial charge < -0.3 is 35.0 Å². The van der Waals surface area contributed by atoms with Gasteiger partial charge in [0.05, 0.1) is 19.8 Å². The molecule has 1 aromatic carbocycles. The quantitative estimate of drug-likeness (QED) is 0.136. The van der Waals surface area contributed by atoms with E-state index in [2.05, 4.69) is 5.32 Å². The van der Waals surface area contributed by atoms with Crippen molar-refractivity contribution in [2.45, 2.75) is 95.4 Å². The zero-order valence-corrected chi connectivity index (χ0v) is 22.3. The van der Waals surface area contributed by atoms with E-state index in [-0.39, 0.29) is 6.61 Å². The normalized spacial score (nSPS) is 25.4. The van der Waals surface area contributed by atoms with Crippen molar-refractivity contribution in [1.29, 1.82) is 0 Å². The number of carbonyl (C=O) groups is 1. The van der Waals surface area contributed by atoms with Crippen LogP contribution in [0.25, 0.3) is 0 Å². The van der Waals surface area contributed by atoms with Crippen LogP contribution in [0.15, 0.2) is 30.3 Å². The molecule has 212 valence electrons. The minimum atomic E-state index is -4.59. The van der Waals surface area contributed by atoms with Crippen LogP contribution in [0.5, 0.6) is 5.75 Å². The first-order valence-electron chi connectivity index (χ1n) is 13.0. The molecule has 11 nitrogen and oxygen atoms in total. The van der Waals surface area contributed by atoms with Gasteiger partial charge in [0.1, 0.15) is 30.1 Å². The third-order valence-electron chi connectivity index (χ3n) is 6.04. The van der Waals surface area contributed by atoms with Crippen molar-refractivity contribution in [3.05, 3.63) is 30.3 Å². The molecule has 1 fully saturated rings. The van der Waals surface area contributed by atoms with Crippen LogP contribution < -0.4 is 10.1 Å². The van der Waals surface area contributed by atoms with E-state index in [0.29, 0.717) is 6.42 Å². The minimum absolute atomic E-state index is 0.0126. The summed E-state index contributed by atoms with van der Waals surface area (Å²) in [5, 5.41) is 31.9. The number of rotatable bonds is 18. The lowest BCUT2D eigenvalue weighted by molar-refractivity contribution is -0.248. The molecule has 1 aliphatic rings. The van der Waals surface area contributed by atoms with Gasteiger partial charge in [0.15, 0.2) is 6.29 Å². The van der Waals surface area contributed by atoms with Gasteiger partial charge >= 0.3 is 7.82 Å². The summed E-state index contributed by atoms with van der Waals surface area (Å²) in [6.07, 6.45) is 3.12. The average molecular weight is 548 g/mol. The predicted octanol–water partition coefficient (Wildman–Crippen LogP) is 2.65. The molecule has 0 aliphatic carbocycles. The molecule has 1 amide bonds. The van der Waals surface area contributed by atoms with Crippen LogP contribution in [0.1, 0.15) is 64.7 Å². The lowest BCUT2D eigenvalue weighted by Crippen LogP contribution is -2.64. The summed E-state index contributed by atoms with van der Waals surface area (Å²) >= 11 is 0. The topological polar surface area (TPSA) is 164 Å². The summed E-state index contributed by atoms with van der Waals surface area (Å²) in [7, 11) is -4.59. The second-order valence-electron chi connectivity index (χ2n) is 9.18. The van der Waals surface area contributed by atoms with Crippen molar-refractivity contribution in [2.75, 3.05) is 19.8 Å². The third-order valence-corrected chi connectivity index (χ3v) is 7.03. The lowest BCUT2D eigenvalue weighted by atomic mass is 9.97. The minimum Gasteiger partial charge on any atom is -0.494 e. The Labute approximate surface area is 218 Å². The number of para-hydroxylation sites is 1. The highest BCUT2D eigenvalue weighted by Crippen LogP contribution is 2.46. The van der Waals surface area contributed by atoms with Gasteiger partial charge in [0.2, 0.25) is 5.91 Å². The zero-order chi connectivity index (χ0) is 27.1. The first-order chi connectivity index (χ1) is 17.7. The number of hydrogen-bond acceptors (Lipinski definition) is 9. The van der Waals surface area contributed by atoms with Crippen LogP contribution in [0.2, 0.25) is 0 Å². The third kappa shape index (κ3) is 12.2. The number of phosphoric ester groups is 1. The van der Waals surface area contributed by atoms with Crippen LogP contribution in [0.4, 0.5) is 0 Å². The van der Waals surface area contributed by atoms with Crippen molar-refractivity contribution < 1.29 is 48.1 Å². The number of carbonyl (C=O) groups excluding carboxylic acids is 1. The highest BCUT2D eigenvalue weighted by atomic mass is 31.2.